The van der Waals surface area contributed by atoms with Crippen LogP contribution in [0.25, 0.3) is 0 Å². The van der Waals surface area contributed by atoms with E-state index in [0.29, 0.717) is 0 Å². The molecule has 0 amide bonds. The average molecular weight is 248 g/mol. The molecule has 0 spiro atoms. The summed E-state index contributed by atoms with van der Waals surface area (Å²) in [6.07, 6.45) is 0. The van der Waals surface area contributed by atoms with Crippen molar-refractivity contribution in [1.82, 2.24) is 0 Å². The van der Waals surface area contributed by atoms with Crippen LogP contribution in [-0.4, -0.2) is 56.5 Å². The second-order valence-corrected chi connectivity index (χ2v) is 2.63. The third-order valence-electron chi connectivity index (χ3n) is 0.982. The van der Waals surface area contributed by atoms with Crippen molar-refractivity contribution in [2.24, 2.45) is 0 Å². The molecule has 0 aliphatic rings. The number of hydrogen-bond donors (Lipinski definition) is 1. The number of rotatable bonds is 0. The summed E-state index contributed by atoms with van der Waals surface area (Å²) >= 11 is 2.86. The predicted octanol–water partition coefficient (Wildman–Crippen LogP) is 2.05. The van der Waals surface area contributed by atoms with Gasteiger partial charge in [0.1, 0.15) is 0 Å². The Kier molecular flexibility index (Phi) is 5.33. The van der Waals surface area contributed by atoms with E-state index in [1.54, 1.807) is 0 Å². The van der Waals surface area contributed by atoms with Crippen molar-refractivity contribution in [3.63, 3.8) is 0 Å². The molecule has 0 aromatic heterocycles. The minimum absolute atomic E-state index is 0. The molecular weight excluding hydrogens is 245 g/mol. The topological polar surface area (TPSA) is 20.2 Å². The van der Waals surface area contributed by atoms with E-state index in [4.69, 9.17) is 5.11 Å². The van der Waals surface area contributed by atoms with Gasteiger partial charge in [-0.25, -0.2) is 8.78 Å². The van der Waals surface area contributed by atoms with Crippen LogP contribution in [0.4, 0.5) is 8.78 Å². The molecule has 0 aliphatic heterocycles. The Morgan fingerprint density at radius 3 is 1.91 bits per heavy atom. The first-order valence-corrected chi connectivity index (χ1v) is 3.24. The van der Waals surface area contributed by atoms with E-state index in [9.17, 15) is 8.78 Å². The molecule has 0 fully saturated rings. The Labute approximate surface area is 113 Å². The number of halogens is 3. The maximum atomic E-state index is 12.3. The van der Waals surface area contributed by atoms with Crippen LogP contribution in [0.15, 0.2) is 16.6 Å². The Morgan fingerprint density at radius 1 is 1.18 bits per heavy atom. The van der Waals surface area contributed by atoms with Gasteiger partial charge in [0.15, 0.2) is 17.4 Å². The van der Waals surface area contributed by atoms with Gasteiger partial charge in [0.2, 0.25) is 0 Å². The normalized spacial score (nSPS) is 9.00. The number of phenols is 1. The summed E-state index contributed by atoms with van der Waals surface area (Å²) in [4.78, 5) is 0. The van der Waals surface area contributed by atoms with Crippen molar-refractivity contribution in [3.05, 3.63) is 28.2 Å². The van der Waals surface area contributed by atoms with Gasteiger partial charge in [-0.3, -0.25) is 0 Å². The monoisotopic (exact) mass is 247 g/mol. The van der Waals surface area contributed by atoms with Crippen molar-refractivity contribution in [2.75, 3.05) is 0 Å². The molecule has 1 aromatic rings. The van der Waals surface area contributed by atoms with Crippen molar-refractivity contribution < 1.29 is 13.9 Å². The summed E-state index contributed by atoms with van der Waals surface area (Å²) in [6.45, 7) is 0. The Balaban J connectivity index is 0.000001000. The molecule has 1 radical (unpaired) electrons. The molecule has 5 heteroatoms. The molecule has 1 rings (SSSR count). The van der Waals surface area contributed by atoms with E-state index in [1.807, 2.05) is 0 Å². The third kappa shape index (κ3) is 3.08. The number of benzene rings is 1. The van der Waals surface area contributed by atoms with Gasteiger partial charge in [-0.2, -0.15) is 0 Å². The average Bonchev–Trinajstić information content (AvgIpc) is 1.82. The summed E-state index contributed by atoms with van der Waals surface area (Å²) in [5, 5.41) is 8.56. The summed E-state index contributed by atoms with van der Waals surface area (Å²) in [5.74, 6) is -2.87. The fraction of sp³-hybridized carbons (Fsp3) is 0. The van der Waals surface area contributed by atoms with Crippen molar-refractivity contribution in [1.29, 1.82) is 0 Å². The van der Waals surface area contributed by atoms with Gasteiger partial charge < -0.3 is 5.11 Å². The van der Waals surface area contributed by atoms with Crippen molar-refractivity contribution in [2.45, 2.75) is 0 Å². The molecular formula is C6H3BrF2KO. The molecule has 11 heavy (non-hydrogen) atoms. The Bertz CT molecular complexity index is 244. The van der Waals surface area contributed by atoms with Crippen LogP contribution in [0.1, 0.15) is 0 Å². The van der Waals surface area contributed by atoms with Crippen LogP contribution in [0.3, 0.4) is 0 Å². The molecule has 55 valence electrons. The van der Waals surface area contributed by atoms with Crippen LogP contribution in [0.5, 0.6) is 5.75 Å². The maximum absolute atomic E-state index is 12.3. The molecule has 0 saturated carbocycles. The van der Waals surface area contributed by atoms with Crippen LogP contribution >= 0.6 is 15.9 Å². The quantitative estimate of drug-likeness (QED) is 0.696. The van der Waals surface area contributed by atoms with Crippen LogP contribution in [-0.2, 0) is 0 Å². The molecule has 0 bridgehead atoms. The summed E-state index contributed by atoms with van der Waals surface area (Å²) in [5.41, 5.74) is 0. The molecule has 0 heterocycles. The third-order valence-corrected chi connectivity index (χ3v) is 1.44. The summed E-state index contributed by atoms with van der Waals surface area (Å²) in [6, 6.07) is 1.97. The van der Waals surface area contributed by atoms with E-state index in [2.05, 4.69) is 15.9 Å². The van der Waals surface area contributed by atoms with E-state index >= 15 is 0 Å². The van der Waals surface area contributed by atoms with Gasteiger partial charge in [-0.15, -0.1) is 0 Å². The van der Waals surface area contributed by atoms with Gasteiger partial charge in [-0.05, 0) is 12.1 Å². The second kappa shape index (κ2) is 4.89. The zero-order valence-corrected chi connectivity index (χ0v) is 10.4. The first-order valence-electron chi connectivity index (χ1n) is 2.45. The number of hydrogen-bond acceptors (Lipinski definition) is 1. The van der Waals surface area contributed by atoms with Gasteiger partial charge >= 0.3 is 0 Å². The molecule has 0 saturated heterocycles. The van der Waals surface area contributed by atoms with Crippen LogP contribution < -0.4 is 0 Å². The summed E-state index contributed by atoms with van der Waals surface area (Å²) in [7, 11) is 0. The smallest absolute Gasteiger partial charge is 0.187 e. The van der Waals surface area contributed by atoms with Crippen molar-refractivity contribution >= 4 is 67.3 Å². The second-order valence-electron chi connectivity index (χ2n) is 1.72. The van der Waals surface area contributed by atoms with Gasteiger partial charge in [-0.1, -0.05) is 15.9 Å². The zero-order chi connectivity index (χ0) is 7.72. The standard InChI is InChI=1S/C6H3BrF2O.K/c7-3-1-4(8)6(10)5(9)2-3;/h1-2,10H;. The number of aromatic hydroxyl groups is 1. The largest absolute Gasteiger partial charge is 0.503 e. The molecule has 0 atom stereocenters. The van der Waals surface area contributed by atoms with Crippen LogP contribution in [0.2, 0.25) is 0 Å². The van der Waals surface area contributed by atoms with E-state index < -0.39 is 17.4 Å². The van der Waals surface area contributed by atoms with Gasteiger partial charge in [0, 0.05) is 55.9 Å². The molecule has 1 aromatic carbocycles. The maximum Gasteiger partial charge on any atom is 0.187 e. The van der Waals surface area contributed by atoms with E-state index in [0.717, 1.165) is 12.1 Å². The fourth-order valence-corrected chi connectivity index (χ4v) is 0.937. The van der Waals surface area contributed by atoms with E-state index in [1.165, 1.54) is 0 Å². The first kappa shape index (κ1) is 12.0. The van der Waals surface area contributed by atoms with Crippen LogP contribution in [0, 0.1) is 11.6 Å². The molecule has 0 unspecified atom stereocenters. The van der Waals surface area contributed by atoms with E-state index in [-0.39, 0.29) is 55.9 Å². The fourth-order valence-electron chi connectivity index (χ4n) is 0.535. The molecule has 0 aliphatic carbocycles. The summed E-state index contributed by atoms with van der Waals surface area (Å²) < 4.78 is 24.9. The SMILES string of the molecule is Oc1c(F)cc(Br)cc1F.[K]. The molecule has 1 nitrogen and oxygen atoms in total. The first-order chi connectivity index (χ1) is 4.61. The number of phenolic OH excluding ortho intramolecular Hbond substituents is 1. The minimum atomic E-state index is -0.966. The van der Waals surface area contributed by atoms with Gasteiger partial charge in [0.25, 0.3) is 0 Å². The minimum Gasteiger partial charge on any atom is -0.503 e. The Morgan fingerprint density at radius 2 is 1.55 bits per heavy atom. The van der Waals surface area contributed by atoms with Crippen molar-refractivity contribution in [3.8, 4) is 5.75 Å². The van der Waals surface area contributed by atoms with Gasteiger partial charge in [0.05, 0.1) is 0 Å². The Hall–Kier alpha value is 0.996. The zero-order valence-electron chi connectivity index (χ0n) is 5.74. The molecule has 1 N–H and O–H groups in total. The predicted molar refractivity (Wildman–Crippen MR) is 41.5 cm³/mol.